The maximum Gasteiger partial charge on any atom is 0.121 e. The van der Waals surface area contributed by atoms with Crippen LogP contribution in [0.25, 0.3) is 0 Å². The van der Waals surface area contributed by atoms with E-state index in [-0.39, 0.29) is 5.38 Å². The average molecular weight is 316 g/mol. The summed E-state index contributed by atoms with van der Waals surface area (Å²) in [5.41, 5.74) is 2.80. The van der Waals surface area contributed by atoms with E-state index in [1.54, 1.807) is 25.3 Å². The first-order valence-corrected chi connectivity index (χ1v) is 6.95. The van der Waals surface area contributed by atoms with Gasteiger partial charge < -0.3 is 4.74 Å². The molecule has 4 heteroatoms. The van der Waals surface area contributed by atoms with Gasteiger partial charge in [-0.2, -0.15) is 0 Å². The molecule has 100 valence electrons. The highest BCUT2D eigenvalue weighted by Crippen LogP contribution is 2.36. The van der Waals surface area contributed by atoms with Crippen molar-refractivity contribution in [2.24, 2.45) is 0 Å². The molecule has 2 rings (SSSR count). The summed E-state index contributed by atoms with van der Waals surface area (Å²) in [7, 11) is 1.65. The molecule has 0 aliphatic carbocycles. The summed E-state index contributed by atoms with van der Waals surface area (Å²) in [6, 6.07) is 11.1. The standard InChI is InChI=1S/C15H13Cl3O/c1-9-7-10(3-6-14(9)19-2)15(18)12-8-11(16)4-5-13(12)17/h3-8,15H,1-2H3. The normalized spacial score (nSPS) is 12.3. The van der Waals surface area contributed by atoms with Crippen molar-refractivity contribution >= 4 is 34.8 Å². The van der Waals surface area contributed by atoms with Crippen molar-refractivity contribution in [2.75, 3.05) is 7.11 Å². The molecule has 0 amide bonds. The Morgan fingerprint density at radius 2 is 1.79 bits per heavy atom. The van der Waals surface area contributed by atoms with Gasteiger partial charge in [-0.25, -0.2) is 0 Å². The molecule has 0 saturated carbocycles. The number of ether oxygens (including phenoxy) is 1. The number of hydrogen-bond donors (Lipinski definition) is 0. The summed E-state index contributed by atoms with van der Waals surface area (Å²) in [4.78, 5) is 0. The van der Waals surface area contributed by atoms with Crippen LogP contribution in [0, 0.1) is 6.92 Å². The van der Waals surface area contributed by atoms with Crippen molar-refractivity contribution in [2.45, 2.75) is 12.3 Å². The van der Waals surface area contributed by atoms with E-state index in [0.29, 0.717) is 10.0 Å². The minimum absolute atomic E-state index is 0.337. The predicted octanol–water partition coefficient (Wildman–Crippen LogP) is 5.64. The van der Waals surface area contributed by atoms with E-state index in [0.717, 1.165) is 22.4 Å². The minimum Gasteiger partial charge on any atom is -0.496 e. The molecule has 0 aliphatic rings. The Kier molecular flexibility index (Phi) is 4.62. The van der Waals surface area contributed by atoms with Gasteiger partial charge in [0.1, 0.15) is 5.75 Å². The maximum absolute atomic E-state index is 6.49. The van der Waals surface area contributed by atoms with Gasteiger partial charge in [0.15, 0.2) is 0 Å². The fourth-order valence-electron chi connectivity index (χ4n) is 1.95. The van der Waals surface area contributed by atoms with Gasteiger partial charge in [-0.1, -0.05) is 35.3 Å². The molecular formula is C15H13Cl3O. The summed E-state index contributed by atoms with van der Waals surface area (Å²) in [5, 5.41) is 0.893. The molecule has 1 unspecified atom stereocenters. The number of methoxy groups -OCH3 is 1. The third kappa shape index (κ3) is 3.17. The minimum atomic E-state index is -0.337. The van der Waals surface area contributed by atoms with Crippen LogP contribution in [0.1, 0.15) is 22.1 Å². The van der Waals surface area contributed by atoms with Gasteiger partial charge in [-0.15, -0.1) is 11.6 Å². The van der Waals surface area contributed by atoms with Crippen LogP contribution in [0.15, 0.2) is 36.4 Å². The molecule has 0 heterocycles. The third-order valence-corrected chi connectivity index (χ3v) is 4.01. The van der Waals surface area contributed by atoms with Crippen LogP contribution < -0.4 is 4.74 Å². The van der Waals surface area contributed by atoms with E-state index >= 15 is 0 Å². The number of hydrogen-bond acceptors (Lipinski definition) is 1. The molecular weight excluding hydrogens is 303 g/mol. The Balaban J connectivity index is 2.41. The quantitative estimate of drug-likeness (QED) is 0.666. The SMILES string of the molecule is COc1ccc(C(Cl)c2cc(Cl)ccc2Cl)cc1C. The molecule has 0 bridgehead atoms. The third-order valence-electron chi connectivity index (χ3n) is 2.94. The monoisotopic (exact) mass is 314 g/mol. The molecule has 2 aromatic carbocycles. The Bertz CT molecular complexity index is 596. The second kappa shape index (κ2) is 6.04. The van der Waals surface area contributed by atoms with Gasteiger partial charge in [0.2, 0.25) is 0 Å². The lowest BCUT2D eigenvalue weighted by Crippen LogP contribution is -1.96. The Morgan fingerprint density at radius 3 is 2.42 bits per heavy atom. The lowest BCUT2D eigenvalue weighted by molar-refractivity contribution is 0.411. The fourth-order valence-corrected chi connectivity index (χ4v) is 2.73. The summed E-state index contributed by atoms with van der Waals surface area (Å²) in [6.45, 7) is 1.98. The molecule has 0 radical (unpaired) electrons. The second-order valence-corrected chi connectivity index (χ2v) is 5.54. The van der Waals surface area contributed by atoms with Gasteiger partial charge in [0.25, 0.3) is 0 Å². The van der Waals surface area contributed by atoms with Crippen LogP contribution >= 0.6 is 34.8 Å². The van der Waals surface area contributed by atoms with Crippen LogP contribution in [-0.4, -0.2) is 7.11 Å². The lowest BCUT2D eigenvalue weighted by atomic mass is 10.0. The lowest BCUT2D eigenvalue weighted by Gasteiger charge is -2.14. The zero-order valence-corrected chi connectivity index (χ0v) is 12.9. The fraction of sp³-hybridized carbons (Fsp3) is 0.200. The van der Waals surface area contributed by atoms with Gasteiger partial charge in [-0.05, 0) is 47.9 Å². The highest BCUT2D eigenvalue weighted by atomic mass is 35.5. The maximum atomic E-state index is 6.49. The molecule has 1 atom stereocenters. The summed E-state index contributed by atoms with van der Waals surface area (Å²) < 4.78 is 5.24. The van der Waals surface area contributed by atoms with Crippen molar-refractivity contribution in [3.8, 4) is 5.75 Å². The van der Waals surface area contributed by atoms with E-state index in [2.05, 4.69) is 0 Å². The summed E-state index contributed by atoms with van der Waals surface area (Å²) >= 11 is 18.7. The van der Waals surface area contributed by atoms with E-state index in [1.165, 1.54) is 0 Å². The Morgan fingerprint density at radius 1 is 1.05 bits per heavy atom. The molecule has 0 N–H and O–H groups in total. The highest BCUT2D eigenvalue weighted by Gasteiger charge is 2.15. The zero-order chi connectivity index (χ0) is 14.0. The van der Waals surface area contributed by atoms with Gasteiger partial charge in [0.05, 0.1) is 12.5 Å². The van der Waals surface area contributed by atoms with Crippen LogP contribution in [0.2, 0.25) is 10.0 Å². The predicted molar refractivity (Wildman–Crippen MR) is 81.9 cm³/mol. The molecule has 19 heavy (non-hydrogen) atoms. The van der Waals surface area contributed by atoms with E-state index in [9.17, 15) is 0 Å². The van der Waals surface area contributed by atoms with Crippen LogP contribution in [0.4, 0.5) is 0 Å². The van der Waals surface area contributed by atoms with Crippen molar-refractivity contribution in [3.63, 3.8) is 0 Å². The number of rotatable bonds is 3. The first-order chi connectivity index (χ1) is 9.02. The Hall–Kier alpha value is -0.890. The van der Waals surface area contributed by atoms with Gasteiger partial charge in [-0.3, -0.25) is 0 Å². The van der Waals surface area contributed by atoms with Crippen molar-refractivity contribution in [1.29, 1.82) is 0 Å². The topological polar surface area (TPSA) is 9.23 Å². The highest BCUT2D eigenvalue weighted by molar-refractivity contribution is 6.35. The zero-order valence-electron chi connectivity index (χ0n) is 10.6. The average Bonchev–Trinajstić information content (AvgIpc) is 2.40. The van der Waals surface area contributed by atoms with E-state index in [1.807, 2.05) is 25.1 Å². The van der Waals surface area contributed by atoms with Gasteiger partial charge >= 0.3 is 0 Å². The second-order valence-electron chi connectivity index (χ2n) is 4.26. The molecule has 0 spiro atoms. The first-order valence-electron chi connectivity index (χ1n) is 5.76. The molecule has 0 fully saturated rings. The Labute approximate surface area is 128 Å². The number of halogens is 3. The smallest absolute Gasteiger partial charge is 0.121 e. The molecule has 0 saturated heterocycles. The number of alkyl halides is 1. The van der Waals surface area contributed by atoms with E-state index < -0.39 is 0 Å². The van der Waals surface area contributed by atoms with Crippen LogP contribution in [0.5, 0.6) is 5.75 Å². The first kappa shape index (κ1) is 14.5. The van der Waals surface area contributed by atoms with E-state index in [4.69, 9.17) is 39.5 Å². The number of benzene rings is 2. The number of aryl methyl sites for hydroxylation is 1. The largest absolute Gasteiger partial charge is 0.496 e. The summed E-state index contributed by atoms with van der Waals surface area (Å²) in [5.74, 6) is 0.838. The summed E-state index contributed by atoms with van der Waals surface area (Å²) in [6.07, 6.45) is 0. The van der Waals surface area contributed by atoms with Gasteiger partial charge in [0, 0.05) is 10.0 Å². The van der Waals surface area contributed by atoms with Crippen molar-refractivity contribution in [3.05, 3.63) is 63.1 Å². The van der Waals surface area contributed by atoms with Crippen molar-refractivity contribution in [1.82, 2.24) is 0 Å². The molecule has 2 aromatic rings. The molecule has 0 aliphatic heterocycles. The van der Waals surface area contributed by atoms with Crippen LogP contribution in [-0.2, 0) is 0 Å². The van der Waals surface area contributed by atoms with Crippen molar-refractivity contribution < 1.29 is 4.74 Å². The van der Waals surface area contributed by atoms with Crippen LogP contribution in [0.3, 0.4) is 0 Å². The molecule has 1 nitrogen and oxygen atoms in total. The molecule has 0 aromatic heterocycles.